The smallest absolute Gasteiger partial charge is 0.384 e. The van der Waals surface area contributed by atoms with Gasteiger partial charge in [-0.1, -0.05) is 51.1 Å². The van der Waals surface area contributed by atoms with E-state index in [4.69, 9.17) is 9.26 Å². The number of ether oxygens (including phenoxy) is 1. The van der Waals surface area contributed by atoms with E-state index in [-0.39, 0.29) is 22.9 Å². The highest BCUT2D eigenvalue weighted by atomic mass is 32.1. The van der Waals surface area contributed by atoms with Crippen LogP contribution in [-0.2, 0) is 10.2 Å². The van der Waals surface area contributed by atoms with Crippen LogP contribution in [0, 0.1) is 0 Å². The summed E-state index contributed by atoms with van der Waals surface area (Å²) in [4.78, 5) is 24.5. The fraction of sp³-hybridized carbons (Fsp3) is 0.316. The number of rotatable bonds is 5. The van der Waals surface area contributed by atoms with Crippen molar-refractivity contribution in [3.8, 4) is 11.3 Å². The number of hydrogen-bond acceptors (Lipinski definition) is 8. The number of nitrogens with zero attached hydrogens (tertiary/aromatic N) is 3. The van der Waals surface area contributed by atoms with Crippen molar-refractivity contribution in [2.24, 2.45) is 10.2 Å². The zero-order chi connectivity index (χ0) is 20.3. The molecule has 8 nitrogen and oxygen atoms in total. The van der Waals surface area contributed by atoms with Crippen LogP contribution in [0.1, 0.15) is 43.7 Å². The first kappa shape index (κ1) is 19.7. The highest BCUT2D eigenvalue weighted by molar-refractivity contribution is 7.10. The van der Waals surface area contributed by atoms with Crippen molar-refractivity contribution < 1.29 is 14.1 Å². The van der Waals surface area contributed by atoms with E-state index in [1.165, 1.54) is 0 Å². The first-order valence-electron chi connectivity index (χ1n) is 8.68. The molecule has 0 bridgehead atoms. The Hall–Kier alpha value is -3.07. The van der Waals surface area contributed by atoms with Gasteiger partial charge in [0.15, 0.2) is 10.7 Å². The Bertz CT molecular complexity index is 1060. The normalized spacial score (nSPS) is 11.9. The van der Waals surface area contributed by atoms with E-state index in [9.17, 15) is 9.59 Å². The monoisotopic (exact) mass is 400 g/mol. The molecule has 0 aliphatic rings. The van der Waals surface area contributed by atoms with Gasteiger partial charge in [-0.2, -0.15) is 4.37 Å². The zero-order valence-electron chi connectivity index (χ0n) is 16.0. The molecule has 3 aromatic rings. The van der Waals surface area contributed by atoms with Crippen LogP contribution in [0.4, 0.5) is 10.7 Å². The van der Waals surface area contributed by atoms with E-state index in [1.807, 2.05) is 51.1 Å². The van der Waals surface area contributed by atoms with E-state index in [2.05, 4.69) is 19.8 Å². The Balaban J connectivity index is 2.08. The molecule has 3 rings (SSSR count). The summed E-state index contributed by atoms with van der Waals surface area (Å²) in [5, 5.41) is 11.1. The van der Waals surface area contributed by atoms with E-state index in [1.54, 1.807) is 6.92 Å². The van der Waals surface area contributed by atoms with Gasteiger partial charge in [-0.15, -0.1) is 10.2 Å². The molecule has 0 radical (unpaired) electrons. The fourth-order valence-electron chi connectivity index (χ4n) is 2.52. The minimum atomic E-state index is -0.626. The first-order valence-corrected chi connectivity index (χ1v) is 9.46. The van der Waals surface area contributed by atoms with E-state index in [0.717, 1.165) is 17.1 Å². The third-order valence-corrected chi connectivity index (χ3v) is 4.60. The molecule has 1 N–H and O–H groups in total. The van der Waals surface area contributed by atoms with Crippen LogP contribution in [-0.4, -0.2) is 22.1 Å². The Labute approximate surface area is 165 Å². The van der Waals surface area contributed by atoms with Crippen LogP contribution in [0.2, 0.25) is 0 Å². The summed E-state index contributed by atoms with van der Waals surface area (Å²) in [5.41, 5.74) is 1.02. The molecule has 0 aliphatic carbocycles. The number of aromatic amines is 1. The predicted octanol–water partition coefficient (Wildman–Crippen LogP) is 4.98. The van der Waals surface area contributed by atoms with Gasteiger partial charge in [-0.25, -0.2) is 14.7 Å². The molecule has 0 spiro atoms. The van der Waals surface area contributed by atoms with Crippen molar-refractivity contribution in [3.05, 3.63) is 52.0 Å². The summed E-state index contributed by atoms with van der Waals surface area (Å²) in [6, 6.07) is 9.27. The molecule has 2 aromatic heterocycles. The van der Waals surface area contributed by atoms with Gasteiger partial charge in [0, 0.05) is 11.0 Å². The zero-order valence-corrected chi connectivity index (χ0v) is 16.8. The number of carbonyl (C=O) groups is 1. The largest absolute Gasteiger partial charge is 0.462 e. The third-order valence-electron chi connectivity index (χ3n) is 3.87. The summed E-state index contributed by atoms with van der Waals surface area (Å²) in [5.74, 6) is -0.541. The lowest BCUT2D eigenvalue weighted by molar-refractivity contribution is 0.0528. The first-order chi connectivity index (χ1) is 13.3. The molecule has 28 heavy (non-hydrogen) atoms. The third kappa shape index (κ3) is 3.94. The average molecular weight is 400 g/mol. The molecule has 0 aliphatic heterocycles. The fourth-order valence-corrected chi connectivity index (χ4v) is 3.24. The lowest BCUT2D eigenvalue weighted by Crippen LogP contribution is -2.12. The Morgan fingerprint density at radius 1 is 1.25 bits per heavy atom. The molecule has 0 saturated carbocycles. The second-order valence-corrected chi connectivity index (χ2v) is 7.71. The molecule has 0 saturated heterocycles. The quantitative estimate of drug-likeness (QED) is 0.480. The number of esters is 1. The second kappa shape index (κ2) is 7.89. The van der Waals surface area contributed by atoms with Gasteiger partial charge in [0.05, 0.1) is 12.3 Å². The van der Waals surface area contributed by atoms with Crippen molar-refractivity contribution in [3.63, 3.8) is 0 Å². The maximum Gasteiger partial charge on any atom is 0.384 e. The second-order valence-electron chi connectivity index (χ2n) is 6.96. The lowest BCUT2D eigenvalue weighted by atomic mass is 9.91. The van der Waals surface area contributed by atoms with Crippen molar-refractivity contribution >= 4 is 28.2 Å². The van der Waals surface area contributed by atoms with Crippen LogP contribution in [0.3, 0.4) is 0 Å². The predicted molar refractivity (Wildman–Crippen MR) is 106 cm³/mol. The summed E-state index contributed by atoms with van der Waals surface area (Å²) < 4.78 is 14.4. The molecule has 146 valence electrons. The van der Waals surface area contributed by atoms with Gasteiger partial charge in [0.25, 0.3) is 0 Å². The maximum absolute atomic E-state index is 12.5. The number of hydrogen-bond donors (Lipinski definition) is 1. The van der Waals surface area contributed by atoms with E-state index in [0.29, 0.717) is 11.4 Å². The molecular weight excluding hydrogens is 380 g/mol. The van der Waals surface area contributed by atoms with Crippen molar-refractivity contribution in [1.29, 1.82) is 0 Å². The molecule has 1 aromatic carbocycles. The molecule has 2 heterocycles. The van der Waals surface area contributed by atoms with Crippen LogP contribution < -0.4 is 5.63 Å². The summed E-state index contributed by atoms with van der Waals surface area (Å²) in [6.07, 6.45) is 0. The van der Waals surface area contributed by atoms with Gasteiger partial charge in [-0.05, 0) is 18.5 Å². The molecule has 0 fully saturated rings. The van der Waals surface area contributed by atoms with Crippen LogP contribution in [0.5, 0.6) is 0 Å². The maximum atomic E-state index is 12.5. The van der Waals surface area contributed by atoms with Gasteiger partial charge >= 0.3 is 11.6 Å². The Morgan fingerprint density at radius 2 is 1.96 bits per heavy atom. The minimum Gasteiger partial charge on any atom is -0.462 e. The van der Waals surface area contributed by atoms with Gasteiger partial charge in [0.1, 0.15) is 11.3 Å². The molecular formula is C19H20N4O4S. The van der Waals surface area contributed by atoms with Gasteiger partial charge in [-0.3, -0.25) is 0 Å². The lowest BCUT2D eigenvalue weighted by Gasteiger charge is -2.14. The number of carbonyl (C=O) groups excluding carboxylic acids is 1. The minimum absolute atomic E-state index is 0.0666. The van der Waals surface area contributed by atoms with E-state index >= 15 is 0 Å². The Morgan fingerprint density at radius 3 is 2.61 bits per heavy atom. The molecule has 0 amide bonds. The van der Waals surface area contributed by atoms with Crippen molar-refractivity contribution in [1.82, 2.24) is 9.53 Å². The standard InChI is InChI=1S/C19H20N4O4S/c1-5-26-17(24)12-13(11-9-7-6-8-10-11)23-28-16(12)21-20-14-15(19(2,3)4)22-27-18(14)25/h6-10,22H,5H2,1-4H3. The molecule has 0 atom stereocenters. The highest BCUT2D eigenvalue weighted by Crippen LogP contribution is 2.36. The number of azo groups is 1. The average Bonchev–Trinajstić information content (AvgIpc) is 3.24. The Kier molecular flexibility index (Phi) is 5.55. The molecule has 0 unspecified atom stereocenters. The van der Waals surface area contributed by atoms with Gasteiger partial charge in [0.2, 0.25) is 0 Å². The van der Waals surface area contributed by atoms with E-state index < -0.39 is 17.0 Å². The highest BCUT2D eigenvalue weighted by Gasteiger charge is 2.26. The summed E-state index contributed by atoms with van der Waals surface area (Å²) in [7, 11) is 0. The molecule has 9 heteroatoms. The summed E-state index contributed by atoms with van der Waals surface area (Å²) >= 11 is 1.01. The number of H-pyrrole nitrogens is 1. The van der Waals surface area contributed by atoms with Crippen LogP contribution in [0.25, 0.3) is 11.3 Å². The van der Waals surface area contributed by atoms with Crippen LogP contribution >= 0.6 is 11.5 Å². The van der Waals surface area contributed by atoms with Crippen molar-refractivity contribution in [2.45, 2.75) is 33.1 Å². The van der Waals surface area contributed by atoms with Crippen LogP contribution in [0.15, 0.2) is 49.9 Å². The van der Waals surface area contributed by atoms with Crippen molar-refractivity contribution in [2.75, 3.05) is 6.61 Å². The van der Waals surface area contributed by atoms with Gasteiger partial charge < -0.3 is 9.26 Å². The topological polar surface area (TPSA) is 110 Å². The number of benzene rings is 1. The number of aromatic nitrogens is 2. The SMILES string of the molecule is CCOC(=O)c1c(-c2ccccc2)nsc1N=Nc1c(C(C)(C)C)[nH]oc1=O. The number of nitrogens with one attached hydrogen (secondary N) is 1. The summed E-state index contributed by atoms with van der Waals surface area (Å²) in [6.45, 7) is 7.68.